The zero-order valence-electron chi connectivity index (χ0n) is 32.9. The summed E-state index contributed by atoms with van der Waals surface area (Å²) in [6, 6.07) is 9.40. The number of nitrogens with zero attached hydrogens (tertiary/aromatic N) is 9. The van der Waals surface area contributed by atoms with Crippen molar-refractivity contribution in [2.75, 3.05) is 49.1 Å². The number of nitriles is 1. The third kappa shape index (κ3) is 7.46. The molecule has 300 valence electrons. The standard InChI is InChI=1S/C41H50ClN11O4/c1-40(2)36(41(3,4)37(40)57-28-18-30(42)31(19-43)44-22-28)49-35(55)26-20-45-38(46-21-26)51-15-8-25(9-16-51)24-50-13-10-27(11-14-50)53-33-7-5-6-32(29(33)23-47-53)52-17-12-34(54)48-39(52)56/h5-7,18,20-23,25,27,34,36-37,54H,8-17,24H2,1-4H3,(H,48,56)(H,49,55)/t34?,36-,37-. The Labute approximate surface area is 337 Å². The van der Waals surface area contributed by atoms with Crippen molar-refractivity contribution in [2.24, 2.45) is 16.7 Å². The number of amides is 3. The summed E-state index contributed by atoms with van der Waals surface area (Å²) in [5, 5.41) is 30.8. The molecule has 3 saturated heterocycles. The quantitative estimate of drug-likeness (QED) is 0.204. The summed E-state index contributed by atoms with van der Waals surface area (Å²) in [5.41, 5.74) is 1.61. The fourth-order valence-electron chi connectivity index (χ4n) is 9.80. The monoisotopic (exact) mass is 795 g/mol. The van der Waals surface area contributed by atoms with Crippen LogP contribution in [-0.4, -0.2) is 104 Å². The molecule has 3 N–H and O–H groups in total. The van der Waals surface area contributed by atoms with Gasteiger partial charge >= 0.3 is 6.03 Å². The van der Waals surface area contributed by atoms with Crippen LogP contribution in [0, 0.1) is 28.1 Å². The number of fused-ring (bicyclic) bond motifs is 1. The van der Waals surface area contributed by atoms with Gasteiger partial charge in [-0.2, -0.15) is 10.4 Å². The molecule has 15 nitrogen and oxygen atoms in total. The normalized spacial score (nSPS) is 24.1. The van der Waals surface area contributed by atoms with Crippen molar-refractivity contribution in [1.29, 1.82) is 5.26 Å². The first-order valence-electron chi connectivity index (χ1n) is 19.9. The highest BCUT2D eigenvalue weighted by molar-refractivity contribution is 6.31. The average molecular weight is 796 g/mol. The fourth-order valence-corrected chi connectivity index (χ4v) is 10.0. The Balaban J connectivity index is 0.799. The van der Waals surface area contributed by atoms with E-state index in [1.807, 2.05) is 24.4 Å². The molecule has 0 radical (unpaired) electrons. The second-order valence-electron chi connectivity index (χ2n) is 17.1. The van der Waals surface area contributed by atoms with E-state index in [9.17, 15) is 14.7 Å². The van der Waals surface area contributed by atoms with E-state index in [1.165, 1.54) is 6.20 Å². The number of nitrogens with one attached hydrogen (secondary N) is 2. The van der Waals surface area contributed by atoms with Crippen molar-refractivity contribution in [3.8, 4) is 11.8 Å². The number of hydrogen-bond donors (Lipinski definition) is 3. The molecular weight excluding hydrogens is 746 g/mol. The van der Waals surface area contributed by atoms with Crippen molar-refractivity contribution < 1.29 is 19.4 Å². The van der Waals surface area contributed by atoms with Crippen LogP contribution in [0.4, 0.5) is 16.4 Å². The number of pyridine rings is 1. The molecule has 4 fully saturated rings. The molecule has 1 aliphatic carbocycles. The van der Waals surface area contributed by atoms with Crippen LogP contribution in [0.1, 0.15) is 81.9 Å². The highest BCUT2D eigenvalue weighted by atomic mass is 35.5. The van der Waals surface area contributed by atoms with E-state index < -0.39 is 17.1 Å². The molecule has 1 aromatic carbocycles. The van der Waals surface area contributed by atoms with E-state index in [1.54, 1.807) is 23.4 Å². The zero-order valence-corrected chi connectivity index (χ0v) is 33.6. The molecule has 3 amide bonds. The molecule has 0 spiro atoms. The first kappa shape index (κ1) is 38.8. The molecule has 1 atom stereocenters. The van der Waals surface area contributed by atoms with Gasteiger partial charge in [0.05, 0.1) is 40.2 Å². The van der Waals surface area contributed by atoms with Crippen LogP contribution in [-0.2, 0) is 0 Å². The lowest BCUT2D eigenvalue weighted by atomic mass is 9.49. The largest absolute Gasteiger partial charge is 0.487 e. The molecular formula is C41H50ClN11O4. The topological polar surface area (TPSA) is 178 Å². The van der Waals surface area contributed by atoms with Gasteiger partial charge in [-0.15, -0.1) is 0 Å². The Morgan fingerprint density at radius 2 is 1.72 bits per heavy atom. The van der Waals surface area contributed by atoms with Gasteiger partial charge in [-0.05, 0) is 43.7 Å². The van der Waals surface area contributed by atoms with E-state index in [2.05, 4.69) is 73.8 Å². The second-order valence-corrected chi connectivity index (χ2v) is 17.5. The third-order valence-electron chi connectivity index (χ3n) is 12.6. The van der Waals surface area contributed by atoms with Crippen LogP contribution < -0.4 is 25.2 Å². The van der Waals surface area contributed by atoms with Gasteiger partial charge in [0.2, 0.25) is 5.95 Å². The Morgan fingerprint density at radius 3 is 2.39 bits per heavy atom. The molecule has 3 aliphatic heterocycles. The summed E-state index contributed by atoms with van der Waals surface area (Å²) in [6.45, 7) is 13.5. The highest BCUT2D eigenvalue weighted by Crippen LogP contribution is 2.55. The van der Waals surface area contributed by atoms with Gasteiger partial charge in [-0.25, -0.2) is 19.7 Å². The minimum Gasteiger partial charge on any atom is -0.487 e. The number of carbonyl (C=O) groups excluding carboxylic acids is 2. The molecule has 8 rings (SSSR count). The predicted molar refractivity (Wildman–Crippen MR) is 215 cm³/mol. The first-order valence-corrected chi connectivity index (χ1v) is 20.3. The second kappa shape index (κ2) is 15.4. The maximum atomic E-state index is 13.4. The van der Waals surface area contributed by atoms with Crippen LogP contribution in [0.2, 0.25) is 5.02 Å². The number of aliphatic hydroxyl groups excluding tert-OH is 1. The number of anilines is 2. The van der Waals surface area contributed by atoms with Crippen LogP contribution in [0.25, 0.3) is 10.9 Å². The molecule has 4 aliphatic rings. The Morgan fingerprint density at radius 1 is 1.00 bits per heavy atom. The number of ether oxygens (including phenoxy) is 1. The number of likely N-dealkylation sites (tertiary alicyclic amines) is 1. The van der Waals surface area contributed by atoms with Crippen LogP contribution in [0.3, 0.4) is 0 Å². The maximum absolute atomic E-state index is 13.4. The first-order chi connectivity index (χ1) is 27.3. The number of urea groups is 1. The molecule has 57 heavy (non-hydrogen) atoms. The van der Waals surface area contributed by atoms with Crippen LogP contribution in [0.5, 0.6) is 5.75 Å². The SMILES string of the molecule is CC1(C)[C@H](NC(=O)c2cnc(N3CCC(CN4CCC(n5ncc6c(N7CCC(O)NC7=O)cccc65)CC4)CC3)nc2)C(C)(C)[C@H]1Oc1cnc(C#N)c(Cl)c1. The molecule has 3 aromatic heterocycles. The lowest BCUT2D eigenvalue weighted by molar-refractivity contribution is -0.164. The highest BCUT2D eigenvalue weighted by Gasteiger charge is 2.64. The summed E-state index contributed by atoms with van der Waals surface area (Å²) in [6.07, 6.45) is 10.2. The number of aliphatic hydroxyl groups is 1. The third-order valence-corrected chi connectivity index (χ3v) is 12.9. The summed E-state index contributed by atoms with van der Waals surface area (Å²) in [4.78, 5) is 45.8. The fraction of sp³-hybridized carbons (Fsp3) is 0.537. The van der Waals surface area contributed by atoms with Crippen molar-refractivity contribution in [1.82, 2.24) is 40.3 Å². The smallest absolute Gasteiger partial charge is 0.323 e. The number of hydrogen-bond acceptors (Lipinski definition) is 11. The van der Waals surface area contributed by atoms with Gasteiger partial charge in [-0.1, -0.05) is 45.4 Å². The summed E-state index contributed by atoms with van der Waals surface area (Å²) in [5.74, 6) is 1.49. The molecule has 4 aromatic rings. The van der Waals surface area contributed by atoms with E-state index >= 15 is 0 Å². The van der Waals surface area contributed by atoms with Gasteiger partial charge in [0, 0.05) is 86.4 Å². The number of aromatic nitrogens is 5. The van der Waals surface area contributed by atoms with Crippen molar-refractivity contribution in [2.45, 2.75) is 84.2 Å². The van der Waals surface area contributed by atoms with Gasteiger partial charge in [0.25, 0.3) is 5.91 Å². The molecule has 6 heterocycles. The van der Waals surface area contributed by atoms with Crippen molar-refractivity contribution in [3.63, 3.8) is 0 Å². The minimum atomic E-state index is -0.804. The average Bonchev–Trinajstić information content (AvgIpc) is 3.64. The summed E-state index contributed by atoms with van der Waals surface area (Å²) in [7, 11) is 0. The predicted octanol–water partition coefficient (Wildman–Crippen LogP) is 5.15. The van der Waals surface area contributed by atoms with Crippen molar-refractivity contribution >= 4 is 46.1 Å². The van der Waals surface area contributed by atoms with E-state index in [0.29, 0.717) is 42.2 Å². The van der Waals surface area contributed by atoms with Crippen LogP contribution >= 0.6 is 11.6 Å². The van der Waals surface area contributed by atoms with Gasteiger partial charge in [0.15, 0.2) is 5.69 Å². The molecule has 1 saturated carbocycles. The number of halogens is 1. The Bertz CT molecular complexity index is 2160. The lowest BCUT2D eigenvalue weighted by Gasteiger charge is -2.63. The number of piperidine rings is 2. The summed E-state index contributed by atoms with van der Waals surface area (Å²) < 4.78 is 8.44. The maximum Gasteiger partial charge on any atom is 0.323 e. The zero-order chi connectivity index (χ0) is 40.1. The Hall–Kier alpha value is -5.04. The van der Waals surface area contributed by atoms with E-state index in [0.717, 1.165) is 75.0 Å². The summed E-state index contributed by atoms with van der Waals surface area (Å²) >= 11 is 6.19. The molecule has 16 heteroatoms. The van der Waals surface area contributed by atoms with Crippen molar-refractivity contribution in [3.05, 3.63) is 65.3 Å². The number of benzene rings is 1. The molecule has 1 unspecified atom stereocenters. The Kier molecular flexibility index (Phi) is 10.5. The number of rotatable bonds is 9. The van der Waals surface area contributed by atoms with Gasteiger partial charge in [0.1, 0.15) is 24.2 Å². The number of carbonyl (C=O) groups is 2. The minimum absolute atomic E-state index is 0.149. The van der Waals surface area contributed by atoms with Gasteiger partial charge in [-0.3, -0.25) is 14.4 Å². The lowest BCUT2D eigenvalue weighted by Crippen LogP contribution is -2.74. The van der Waals surface area contributed by atoms with E-state index in [-0.39, 0.29) is 34.8 Å². The van der Waals surface area contributed by atoms with Gasteiger partial charge < -0.3 is 30.3 Å². The van der Waals surface area contributed by atoms with Crippen LogP contribution in [0.15, 0.2) is 49.1 Å². The molecule has 0 bridgehead atoms. The van der Waals surface area contributed by atoms with E-state index in [4.69, 9.17) is 26.7 Å².